The maximum atomic E-state index is 10.2. The number of halogens is 1. The molecule has 0 aromatic heterocycles. The van der Waals surface area contributed by atoms with E-state index < -0.39 is 0 Å². The van der Waals surface area contributed by atoms with E-state index in [1.165, 1.54) is 5.56 Å². The van der Waals surface area contributed by atoms with E-state index in [-0.39, 0.29) is 6.10 Å². The Labute approximate surface area is 107 Å². The minimum absolute atomic E-state index is 0.347. The monoisotopic (exact) mass is 284 g/mol. The average Bonchev–Trinajstić information content (AvgIpc) is 2.25. The lowest BCUT2D eigenvalue weighted by Crippen LogP contribution is -2.06. The van der Waals surface area contributed by atoms with Crippen molar-refractivity contribution in [2.75, 3.05) is 0 Å². The van der Waals surface area contributed by atoms with Gasteiger partial charge >= 0.3 is 0 Å². The van der Waals surface area contributed by atoms with Gasteiger partial charge in [-0.1, -0.05) is 54.8 Å². The highest BCUT2D eigenvalue weighted by molar-refractivity contribution is 9.10. The van der Waals surface area contributed by atoms with Crippen LogP contribution in [0.1, 0.15) is 50.3 Å². The minimum atomic E-state index is -0.347. The first-order valence-electron chi connectivity index (χ1n) is 6.02. The molecule has 1 N–H and O–H groups in total. The van der Waals surface area contributed by atoms with Gasteiger partial charge < -0.3 is 5.11 Å². The number of benzene rings is 1. The zero-order chi connectivity index (χ0) is 12.1. The van der Waals surface area contributed by atoms with E-state index >= 15 is 0 Å². The van der Waals surface area contributed by atoms with Gasteiger partial charge in [-0.3, -0.25) is 0 Å². The molecule has 0 saturated heterocycles. The van der Waals surface area contributed by atoms with Crippen LogP contribution in [0, 0.1) is 12.8 Å². The fourth-order valence-corrected chi connectivity index (χ4v) is 2.72. The molecule has 0 aliphatic carbocycles. The number of hydrogen-bond acceptors (Lipinski definition) is 1. The molecule has 0 fully saturated rings. The highest BCUT2D eigenvalue weighted by Crippen LogP contribution is 2.30. The van der Waals surface area contributed by atoms with E-state index in [9.17, 15) is 5.11 Å². The molecule has 0 bridgehead atoms. The molecule has 0 aliphatic rings. The van der Waals surface area contributed by atoms with Crippen molar-refractivity contribution in [3.05, 3.63) is 33.8 Å². The molecule has 0 heterocycles. The third-order valence-electron chi connectivity index (χ3n) is 3.23. The van der Waals surface area contributed by atoms with Gasteiger partial charge in [0.2, 0.25) is 0 Å². The highest BCUT2D eigenvalue weighted by atomic mass is 79.9. The van der Waals surface area contributed by atoms with E-state index in [1.54, 1.807) is 0 Å². The molecule has 1 nitrogen and oxygen atoms in total. The quantitative estimate of drug-likeness (QED) is 0.837. The second kappa shape index (κ2) is 6.41. The van der Waals surface area contributed by atoms with Crippen LogP contribution in [0.15, 0.2) is 22.7 Å². The number of hydrogen-bond donors (Lipinski definition) is 1. The number of aliphatic hydroxyl groups excluding tert-OH is 1. The van der Waals surface area contributed by atoms with E-state index in [2.05, 4.69) is 48.8 Å². The molecular formula is C14H21BrO. The summed E-state index contributed by atoms with van der Waals surface area (Å²) in [7, 11) is 0. The summed E-state index contributed by atoms with van der Waals surface area (Å²) in [6.45, 7) is 6.43. The third kappa shape index (κ3) is 3.60. The zero-order valence-electron chi connectivity index (χ0n) is 10.3. The van der Waals surface area contributed by atoms with Gasteiger partial charge in [0.25, 0.3) is 0 Å². The topological polar surface area (TPSA) is 20.2 Å². The van der Waals surface area contributed by atoms with Gasteiger partial charge in [-0.15, -0.1) is 0 Å². The first-order valence-corrected chi connectivity index (χ1v) is 6.81. The summed E-state index contributed by atoms with van der Waals surface area (Å²) in [6.07, 6.45) is 2.78. The van der Waals surface area contributed by atoms with Crippen molar-refractivity contribution in [1.29, 1.82) is 0 Å². The van der Waals surface area contributed by atoms with Crippen LogP contribution in [0.2, 0.25) is 0 Å². The SMILES string of the molecule is CCC(CC)CC(O)c1ccc(C)cc1Br. The summed E-state index contributed by atoms with van der Waals surface area (Å²) < 4.78 is 1.02. The largest absolute Gasteiger partial charge is 0.388 e. The smallest absolute Gasteiger partial charge is 0.0803 e. The van der Waals surface area contributed by atoms with E-state index in [0.717, 1.165) is 29.3 Å². The van der Waals surface area contributed by atoms with Crippen LogP contribution < -0.4 is 0 Å². The molecule has 1 unspecified atom stereocenters. The Morgan fingerprint density at radius 2 is 1.88 bits per heavy atom. The van der Waals surface area contributed by atoms with Gasteiger partial charge in [0.1, 0.15) is 0 Å². The molecule has 0 saturated carbocycles. The molecule has 1 atom stereocenters. The summed E-state index contributed by atoms with van der Waals surface area (Å²) in [6, 6.07) is 6.13. The third-order valence-corrected chi connectivity index (χ3v) is 3.91. The minimum Gasteiger partial charge on any atom is -0.388 e. The lowest BCUT2D eigenvalue weighted by atomic mass is 9.92. The fraction of sp³-hybridized carbons (Fsp3) is 0.571. The van der Waals surface area contributed by atoms with Gasteiger partial charge in [-0.05, 0) is 36.5 Å². The van der Waals surface area contributed by atoms with Crippen LogP contribution in [-0.4, -0.2) is 5.11 Å². The second-order valence-electron chi connectivity index (χ2n) is 4.46. The van der Waals surface area contributed by atoms with Crippen molar-refractivity contribution in [1.82, 2.24) is 0 Å². The first-order chi connectivity index (χ1) is 7.58. The Bertz CT molecular complexity index is 332. The summed E-state index contributed by atoms with van der Waals surface area (Å²) >= 11 is 3.52. The van der Waals surface area contributed by atoms with Crippen LogP contribution >= 0.6 is 15.9 Å². The molecule has 1 aromatic carbocycles. The van der Waals surface area contributed by atoms with Crippen LogP contribution in [0.4, 0.5) is 0 Å². The summed E-state index contributed by atoms with van der Waals surface area (Å²) in [5.41, 5.74) is 2.22. The van der Waals surface area contributed by atoms with Crippen molar-refractivity contribution in [3.8, 4) is 0 Å². The normalized spacial score (nSPS) is 13.1. The molecule has 0 spiro atoms. The van der Waals surface area contributed by atoms with Crippen molar-refractivity contribution in [3.63, 3.8) is 0 Å². The van der Waals surface area contributed by atoms with E-state index in [4.69, 9.17) is 0 Å². The Balaban J connectivity index is 2.76. The molecule has 1 aromatic rings. The van der Waals surface area contributed by atoms with Gasteiger partial charge in [0.15, 0.2) is 0 Å². The van der Waals surface area contributed by atoms with Crippen LogP contribution in [0.25, 0.3) is 0 Å². The van der Waals surface area contributed by atoms with Crippen LogP contribution in [0.5, 0.6) is 0 Å². The van der Waals surface area contributed by atoms with Crippen molar-refractivity contribution in [2.24, 2.45) is 5.92 Å². The Morgan fingerprint density at radius 3 is 2.38 bits per heavy atom. The highest BCUT2D eigenvalue weighted by Gasteiger charge is 2.15. The van der Waals surface area contributed by atoms with E-state index in [0.29, 0.717) is 5.92 Å². The summed E-state index contributed by atoms with van der Waals surface area (Å²) in [5, 5.41) is 10.2. The Hall–Kier alpha value is -0.340. The second-order valence-corrected chi connectivity index (χ2v) is 5.31. The number of aryl methyl sites for hydroxylation is 1. The number of rotatable bonds is 5. The Kier molecular flexibility index (Phi) is 5.50. The van der Waals surface area contributed by atoms with Crippen LogP contribution in [0.3, 0.4) is 0 Å². The molecule has 1 rings (SSSR count). The van der Waals surface area contributed by atoms with Crippen molar-refractivity contribution in [2.45, 2.75) is 46.1 Å². The zero-order valence-corrected chi connectivity index (χ0v) is 11.9. The molecule has 90 valence electrons. The molecule has 0 radical (unpaired) electrons. The van der Waals surface area contributed by atoms with Crippen LogP contribution in [-0.2, 0) is 0 Å². The van der Waals surface area contributed by atoms with Gasteiger partial charge in [0.05, 0.1) is 6.10 Å². The van der Waals surface area contributed by atoms with E-state index in [1.807, 2.05) is 6.07 Å². The molecular weight excluding hydrogens is 264 g/mol. The standard InChI is InChI=1S/C14H21BrO/c1-4-11(5-2)9-14(16)12-7-6-10(3)8-13(12)15/h6-8,11,14,16H,4-5,9H2,1-3H3. The number of aliphatic hydroxyl groups is 1. The molecule has 0 aliphatic heterocycles. The van der Waals surface area contributed by atoms with Gasteiger partial charge in [-0.25, -0.2) is 0 Å². The lowest BCUT2D eigenvalue weighted by molar-refractivity contribution is 0.140. The average molecular weight is 285 g/mol. The predicted molar refractivity (Wildman–Crippen MR) is 72.5 cm³/mol. The lowest BCUT2D eigenvalue weighted by Gasteiger charge is -2.19. The molecule has 0 amide bonds. The summed E-state index contributed by atoms with van der Waals surface area (Å²) in [4.78, 5) is 0. The van der Waals surface area contributed by atoms with Crippen molar-refractivity contribution >= 4 is 15.9 Å². The van der Waals surface area contributed by atoms with Gasteiger partial charge in [-0.2, -0.15) is 0 Å². The maximum Gasteiger partial charge on any atom is 0.0803 e. The Morgan fingerprint density at radius 1 is 1.25 bits per heavy atom. The first kappa shape index (κ1) is 13.7. The fourth-order valence-electron chi connectivity index (χ4n) is 1.97. The molecule has 16 heavy (non-hydrogen) atoms. The predicted octanol–water partition coefficient (Wildman–Crippen LogP) is 4.62. The maximum absolute atomic E-state index is 10.2. The summed E-state index contributed by atoms with van der Waals surface area (Å²) in [5.74, 6) is 0.614. The van der Waals surface area contributed by atoms with Gasteiger partial charge in [0, 0.05) is 4.47 Å². The molecule has 2 heteroatoms. The van der Waals surface area contributed by atoms with Crippen molar-refractivity contribution < 1.29 is 5.11 Å².